The molecule has 0 aliphatic heterocycles. The molecule has 0 aliphatic carbocycles. The van der Waals surface area contributed by atoms with E-state index in [1.807, 2.05) is 6.08 Å². The van der Waals surface area contributed by atoms with Gasteiger partial charge in [0.15, 0.2) is 6.10 Å². The molecular formula is C61H98O5. The van der Waals surface area contributed by atoms with Gasteiger partial charge < -0.3 is 14.2 Å². The molecule has 0 fully saturated rings. The summed E-state index contributed by atoms with van der Waals surface area (Å²) in [7, 11) is 0. The maximum Gasteiger partial charge on any atom is 0.306 e. The van der Waals surface area contributed by atoms with Crippen LogP contribution in [0.15, 0.2) is 134 Å². The van der Waals surface area contributed by atoms with Gasteiger partial charge in [-0.25, -0.2) is 0 Å². The Morgan fingerprint density at radius 2 is 0.712 bits per heavy atom. The highest BCUT2D eigenvalue weighted by molar-refractivity contribution is 5.70. The fraction of sp³-hybridized carbons (Fsp3) is 0.607. The van der Waals surface area contributed by atoms with Crippen LogP contribution in [0.3, 0.4) is 0 Å². The molecule has 372 valence electrons. The van der Waals surface area contributed by atoms with Crippen molar-refractivity contribution in [3.8, 4) is 0 Å². The van der Waals surface area contributed by atoms with Crippen molar-refractivity contribution < 1.29 is 23.8 Å². The molecule has 0 aromatic rings. The first kappa shape index (κ1) is 62.0. The lowest BCUT2D eigenvalue weighted by atomic mass is 10.1. The summed E-state index contributed by atoms with van der Waals surface area (Å²) in [6.07, 6.45) is 79.0. The van der Waals surface area contributed by atoms with Gasteiger partial charge in [0.25, 0.3) is 0 Å². The van der Waals surface area contributed by atoms with E-state index < -0.39 is 6.10 Å². The maximum atomic E-state index is 12.8. The van der Waals surface area contributed by atoms with Crippen LogP contribution in [0.4, 0.5) is 0 Å². The summed E-state index contributed by atoms with van der Waals surface area (Å²) < 4.78 is 17.3. The van der Waals surface area contributed by atoms with Gasteiger partial charge in [-0.3, -0.25) is 9.59 Å². The Labute approximate surface area is 407 Å². The Kier molecular flexibility index (Phi) is 52.0. The predicted octanol–water partition coefficient (Wildman–Crippen LogP) is 18.3. The highest BCUT2D eigenvalue weighted by Gasteiger charge is 2.17. The lowest BCUT2D eigenvalue weighted by Crippen LogP contribution is -2.30. The zero-order valence-corrected chi connectivity index (χ0v) is 42.7. The average Bonchev–Trinajstić information content (AvgIpc) is 3.32. The number of rotatable bonds is 47. The molecule has 1 unspecified atom stereocenters. The highest BCUT2D eigenvalue weighted by Crippen LogP contribution is 2.12. The third-order valence-corrected chi connectivity index (χ3v) is 10.6. The van der Waals surface area contributed by atoms with E-state index in [4.69, 9.17) is 14.2 Å². The van der Waals surface area contributed by atoms with Crippen molar-refractivity contribution in [3.05, 3.63) is 134 Å². The summed E-state index contributed by atoms with van der Waals surface area (Å²) in [6.45, 7) is 7.41. The Bertz CT molecular complexity index is 1400. The molecule has 1 atom stereocenters. The van der Waals surface area contributed by atoms with Crippen molar-refractivity contribution in [3.63, 3.8) is 0 Å². The molecule has 0 radical (unpaired) electrons. The number of unbranched alkanes of at least 4 members (excludes halogenated alkanes) is 14. The van der Waals surface area contributed by atoms with Gasteiger partial charge in [-0.1, -0.05) is 219 Å². The maximum absolute atomic E-state index is 12.8. The van der Waals surface area contributed by atoms with Crippen LogP contribution in [0, 0.1) is 0 Å². The van der Waals surface area contributed by atoms with Gasteiger partial charge in [-0.15, -0.1) is 0 Å². The molecule has 0 aromatic heterocycles. The van der Waals surface area contributed by atoms with E-state index in [0.29, 0.717) is 25.9 Å². The lowest BCUT2D eigenvalue weighted by molar-refractivity contribution is -0.162. The number of allylic oxidation sites excluding steroid dienone is 22. The SMILES string of the molecule is CC/C=C\C/C=C\C/C=C\C/C=C\C/C=C\C/C=C\CCC(=O)OCC(COCCCCCCCCCC/C=C\C/C=C\C/C=C\CC)OC(=O)CCCCCCC/C=C\C/C=C\CCC. The summed E-state index contributed by atoms with van der Waals surface area (Å²) in [5.74, 6) is -0.523. The minimum absolute atomic E-state index is 0.0278. The van der Waals surface area contributed by atoms with Crippen LogP contribution in [0.1, 0.15) is 213 Å². The normalized spacial score (nSPS) is 13.3. The summed E-state index contributed by atoms with van der Waals surface area (Å²) >= 11 is 0. The second-order valence-corrected chi connectivity index (χ2v) is 17.0. The minimum atomic E-state index is -0.588. The molecule has 5 nitrogen and oxygen atoms in total. The highest BCUT2D eigenvalue weighted by atomic mass is 16.6. The number of hydrogen-bond acceptors (Lipinski definition) is 5. The predicted molar refractivity (Wildman–Crippen MR) is 288 cm³/mol. The second-order valence-electron chi connectivity index (χ2n) is 17.0. The molecule has 0 N–H and O–H groups in total. The summed E-state index contributed by atoms with van der Waals surface area (Å²) in [5.41, 5.74) is 0. The number of esters is 2. The molecule has 0 rings (SSSR count). The minimum Gasteiger partial charge on any atom is -0.462 e. The van der Waals surface area contributed by atoms with Crippen molar-refractivity contribution in [2.75, 3.05) is 19.8 Å². The molecule has 0 aromatic carbocycles. The Morgan fingerprint density at radius 3 is 1.15 bits per heavy atom. The fourth-order valence-electron chi connectivity index (χ4n) is 6.76. The van der Waals surface area contributed by atoms with E-state index in [0.717, 1.165) is 109 Å². The van der Waals surface area contributed by atoms with Crippen molar-refractivity contribution in [1.29, 1.82) is 0 Å². The largest absolute Gasteiger partial charge is 0.462 e. The molecular weight excluding hydrogens is 813 g/mol. The molecule has 0 amide bonds. The zero-order valence-electron chi connectivity index (χ0n) is 42.7. The molecule has 0 heterocycles. The van der Waals surface area contributed by atoms with Gasteiger partial charge in [0.05, 0.1) is 6.61 Å². The third-order valence-electron chi connectivity index (χ3n) is 10.6. The Hall–Kier alpha value is -3.96. The van der Waals surface area contributed by atoms with Crippen molar-refractivity contribution >= 4 is 11.9 Å². The van der Waals surface area contributed by atoms with Crippen LogP contribution < -0.4 is 0 Å². The quantitative estimate of drug-likeness (QED) is 0.0346. The van der Waals surface area contributed by atoms with Crippen LogP contribution in [-0.2, 0) is 23.8 Å². The van der Waals surface area contributed by atoms with E-state index in [1.165, 1.54) is 64.2 Å². The van der Waals surface area contributed by atoms with Crippen molar-refractivity contribution in [1.82, 2.24) is 0 Å². The molecule has 0 spiro atoms. The van der Waals surface area contributed by atoms with E-state index in [2.05, 4.69) is 148 Å². The second kappa shape index (κ2) is 55.4. The van der Waals surface area contributed by atoms with Crippen LogP contribution >= 0.6 is 0 Å². The van der Waals surface area contributed by atoms with Crippen LogP contribution in [0.25, 0.3) is 0 Å². The van der Waals surface area contributed by atoms with Gasteiger partial charge in [-0.05, 0) is 116 Å². The molecule has 5 heteroatoms. The topological polar surface area (TPSA) is 61.8 Å². The smallest absolute Gasteiger partial charge is 0.306 e. The number of carbonyl (C=O) groups excluding carboxylic acids is 2. The van der Waals surface area contributed by atoms with E-state index in [-0.39, 0.29) is 25.2 Å². The summed E-state index contributed by atoms with van der Waals surface area (Å²) in [5, 5.41) is 0. The molecule has 66 heavy (non-hydrogen) atoms. The van der Waals surface area contributed by atoms with E-state index in [9.17, 15) is 9.59 Å². The molecule has 0 saturated heterocycles. The van der Waals surface area contributed by atoms with Gasteiger partial charge in [0, 0.05) is 19.4 Å². The first-order valence-corrected chi connectivity index (χ1v) is 26.7. The molecule has 0 aliphatic rings. The zero-order chi connectivity index (χ0) is 47.7. The fourth-order valence-corrected chi connectivity index (χ4v) is 6.76. The van der Waals surface area contributed by atoms with Gasteiger partial charge >= 0.3 is 11.9 Å². The van der Waals surface area contributed by atoms with Gasteiger partial charge in [0.2, 0.25) is 0 Å². The van der Waals surface area contributed by atoms with Crippen molar-refractivity contribution in [2.45, 2.75) is 219 Å². The monoisotopic (exact) mass is 911 g/mol. The van der Waals surface area contributed by atoms with Crippen molar-refractivity contribution in [2.24, 2.45) is 0 Å². The van der Waals surface area contributed by atoms with Crippen LogP contribution in [0.5, 0.6) is 0 Å². The lowest BCUT2D eigenvalue weighted by Gasteiger charge is -2.18. The van der Waals surface area contributed by atoms with Gasteiger partial charge in [-0.2, -0.15) is 0 Å². The van der Waals surface area contributed by atoms with Crippen LogP contribution in [-0.4, -0.2) is 37.9 Å². The first-order chi connectivity index (χ1) is 32.6. The number of ether oxygens (including phenoxy) is 3. The first-order valence-electron chi connectivity index (χ1n) is 26.7. The summed E-state index contributed by atoms with van der Waals surface area (Å²) in [4.78, 5) is 25.4. The Balaban J connectivity index is 4.43. The standard InChI is InChI=1S/C61H98O5/c1-4-7-10-13-16-19-22-25-27-29-31-32-34-37-39-42-45-48-51-54-60(62)65-58-59(66-61(63)55-52-49-46-43-40-36-24-21-18-15-12-9-6-3)57-64-56-53-50-47-44-41-38-35-33-30-28-26-23-20-17-14-11-8-5-2/h7-8,10-12,15-17,19-21,24-28,31-32,37,39,45,48,59H,4-6,9,13-14,18,22-23,29-30,33-36,38,40-44,46-47,49-58H2,1-3H3/b10-7-,11-8-,15-12-,19-16-,20-17-,24-21-,27-25-,28-26-,32-31-,39-37-,48-45-. The molecule has 0 bridgehead atoms. The number of carbonyl (C=O) groups is 2. The van der Waals surface area contributed by atoms with E-state index in [1.54, 1.807) is 0 Å². The third kappa shape index (κ3) is 52.7. The number of hydrogen-bond donors (Lipinski definition) is 0. The van der Waals surface area contributed by atoms with E-state index >= 15 is 0 Å². The molecule has 0 saturated carbocycles. The van der Waals surface area contributed by atoms with Gasteiger partial charge in [0.1, 0.15) is 6.61 Å². The Morgan fingerprint density at radius 1 is 0.348 bits per heavy atom. The summed E-state index contributed by atoms with van der Waals surface area (Å²) in [6, 6.07) is 0. The van der Waals surface area contributed by atoms with Crippen LogP contribution in [0.2, 0.25) is 0 Å². The average molecular weight is 911 g/mol.